The minimum Gasteiger partial charge on any atom is -0.493 e. The molecule has 0 spiro atoms. The minimum atomic E-state index is -0.295. The number of carbonyl (C=O) groups is 1. The van der Waals surface area contributed by atoms with Gasteiger partial charge in [0.1, 0.15) is 5.75 Å². The van der Waals surface area contributed by atoms with Crippen molar-refractivity contribution in [3.8, 4) is 5.75 Å². The molecule has 150 valence electrons. The van der Waals surface area contributed by atoms with Crippen LogP contribution in [0.15, 0.2) is 36.5 Å². The van der Waals surface area contributed by atoms with Gasteiger partial charge in [-0.3, -0.25) is 9.48 Å². The van der Waals surface area contributed by atoms with Gasteiger partial charge in [-0.2, -0.15) is 5.10 Å². The minimum absolute atomic E-state index is 0.295. The zero-order valence-electron chi connectivity index (χ0n) is 16.8. The van der Waals surface area contributed by atoms with Gasteiger partial charge in [0.15, 0.2) is 5.82 Å². The number of nitrogens with one attached hydrogen (secondary N) is 2. The predicted molar refractivity (Wildman–Crippen MR) is 112 cm³/mol. The topological polar surface area (TPSA) is 94.0 Å². The number of hydrogen-bond acceptors (Lipinski definition) is 6. The molecule has 8 nitrogen and oxygen atoms in total. The summed E-state index contributed by atoms with van der Waals surface area (Å²) in [6.07, 6.45) is 4.93. The van der Waals surface area contributed by atoms with Crippen molar-refractivity contribution in [2.24, 2.45) is 7.05 Å². The third-order valence-electron chi connectivity index (χ3n) is 4.81. The van der Waals surface area contributed by atoms with E-state index in [-0.39, 0.29) is 5.91 Å². The molecule has 0 radical (unpaired) electrons. The van der Waals surface area contributed by atoms with E-state index >= 15 is 0 Å². The van der Waals surface area contributed by atoms with E-state index in [1.165, 1.54) is 5.57 Å². The van der Waals surface area contributed by atoms with E-state index in [1.54, 1.807) is 22.9 Å². The summed E-state index contributed by atoms with van der Waals surface area (Å²) < 4.78 is 7.37. The second-order valence-electron chi connectivity index (χ2n) is 7.09. The Balaban J connectivity index is 1.56. The van der Waals surface area contributed by atoms with E-state index < -0.39 is 0 Å². The van der Waals surface area contributed by atoms with Crippen molar-refractivity contribution in [3.63, 3.8) is 0 Å². The van der Waals surface area contributed by atoms with Crippen LogP contribution in [0.3, 0.4) is 0 Å². The molecule has 4 rings (SSSR count). The number of ether oxygens (including phenoxy) is 1. The molecule has 0 saturated carbocycles. The Labute approximate surface area is 169 Å². The van der Waals surface area contributed by atoms with Crippen LogP contribution < -0.4 is 15.4 Å². The fourth-order valence-electron chi connectivity index (χ4n) is 3.47. The van der Waals surface area contributed by atoms with Crippen molar-refractivity contribution >= 4 is 28.2 Å². The number of hydrogen-bond donors (Lipinski definition) is 2. The van der Waals surface area contributed by atoms with E-state index in [2.05, 4.69) is 38.9 Å². The van der Waals surface area contributed by atoms with Crippen molar-refractivity contribution in [2.45, 2.75) is 26.3 Å². The largest absolute Gasteiger partial charge is 0.493 e. The van der Waals surface area contributed by atoms with Gasteiger partial charge < -0.3 is 15.4 Å². The highest BCUT2D eigenvalue weighted by Gasteiger charge is 2.17. The smallest absolute Gasteiger partial charge is 0.260 e. The van der Waals surface area contributed by atoms with Crippen molar-refractivity contribution in [2.75, 3.05) is 18.5 Å². The van der Waals surface area contributed by atoms with Crippen molar-refractivity contribution < 1.29 is 9.53 Å². The quantitative estimate of drug-likeness (QED) is 0.693. The van der Waals surface area contributed by atoms with Crippen LogP contribution in [0.4, 0.5) is 5.82 Å². The summed E-state index contributed by atoms with van der Waals surface area (Å²) in [5.41, 5.74) is 3.22. The molecule has 0 saturated heterocycles. The molecule has 3 heterocycles. The van der Waals surface area contributed by atoms with Crippen LogP contribution in [0, 0.1) is 0 Å². The zero-order valence-corrected chi connectivity index (χ0v) is 16.8. The number of benzene rings is 1. The third kappa shape index (κ3) is 4.12. The SMILES string of the molecule is CCOc1cc2nn(C)cc2cc1C(=O)Nc1ccc(C2=C[C@H](C)NCC2)nn1. The van der Waals surface area contributed by atoms with E-state index in [4.69, 9.17) is 4.74 Å². The number of amides is 1. The van der Waals surface area contributed by atoms with Gasteiger partial charge in [-0.25, -0.2) is 0 Å². The molecule has 8 heteroatoms. The number of aryl methyl sites for hydroxylation is 1. The van der Waals surface area contributed by atoms with Gasteiger partial charge in [0, 0.05) is 30.7 Å². The van der Waals surface area contributed by atoms with Gasteiger partial charge in [0.05, 0.1) is 23.4 Å². The molecule has 1 atom stereocenters. The average molecular weight is 392 g/mol. The number of anilines is 1. The first-order valence-corrected chi connectivity index (χ1v) is 9.73. The molecule has 0 bridgehead atoms. The van der Waals surface area contributed by atoms with Gasteiger partial charge >= 0.3 is 0 Å². The highest BCUT2D eigenvalue weighted by Crippen LogP contribution is 2.26. The lowest BCUT2D eigenvalue weighted by Gasteiger charge is -2.18. The Kier molecular flexibility index (Phi) is 5.26. The number of nitrogens with zero attached hydrogens (tertiary/aromatic N) is 4. The van der Waals surface area contributed by atoms with Crippen LogP contribution in [0.2, 0.25) is 0 Å². The number of carbonyl (C=O) groups excluding carboxylic acids is 1. The van der Waals surface area contributed by atoms with Crippen molar-refractivity contribution in [1.82, 2.24) is 25.3 Å². The van der Waals surface area contributed by atoms with Gasteiger partial charge in [-0.1, -0.05) is 6.08 Å². The first-order valence-electron chi connectivity index (χ1n) is 9.73. The number of fused-ring (bicyclic) bond motifs is 1. The molecule has 0 unspecified atom stereocenters. The molecule has 29 heavy (non-hydrogen) atoms. The van der Waals surface area contributed by atoms with Gasteiger partial charge in [-0.05, 0) is 50.6 Å². The average Bonchev–Trinajstić information content (AvgIpc) is 3.07. The summed E-state index contributed by atoms with van der Waals surface area (Å²) in [6, 6.07) is 7.55. The molecule has 1 aliphatic heterocycles. The Bertz CT molecular complexity index is 1070. The number of aromatic nitrogens is 4. The fourth-order valence-corrected chi connectivity index (χ4v) is 3.47. The molecular formula is C21H24N6O2. The molecule has 1 aromatic carbocycles. The summed E-state index contributed by atoms with van der Waals surface area (Å²) >= 11 is 0. The van der Waals surface area contributed by atoms with Crippen molar-refractivity contribution in [1.29, 1.82) is 0 Å². The molecular weight excluding hydrogens is 368 g/mol. The summed E-state index contributed by atoms with van der Waals surface area (Å²) in [5.74, 6) is 0.598. The molecule has 1 amide bonds. The van der Waals surface area contributed by atoms with Crippen LogP contribution in [0.25, 0.3) is 16.5 Å². The Morgan fingerprint density at radius 3 is 2.93 bits per heavy atom. The van der Waals surface area contributed by atoms with Crippen LogP contribution in [0.1, 0.15) is 36.3 Å². The van der Waals surface area contributed by atoms with Gasteiger partial charge in [0.2, 0.25) is 0 Å². The maximum atomic E-state index is 12.9. The van der Waals surface area contributed by atoms with Crippen LogP contribution in [-0.4, -0.2) is 45.1 Å². The van der Waals surface area contributed by atoms with Gasteiger partial charge in [-0.15, -0.1) is 10.2 Å². The second-order valence-corrected chi connectivity index (χ2v) is 7.09. The lowest BCUT2D eigenvalue weighted by Crippen LogP contribution is -2.29. The monoisotopic (exact) mass is 392 g/mol. The Morgan fingerprint density at radius 2 is 2.21 bits per heavy atom. The van der Waals surface area contributed by atoms with E-state index in [1.807, 2.05) is 26.2 Å². The van der Waals surface area contributed by atoms with E-state index in [9.17, 15) is 4.79 Å². The Hall–Kier alpha value is -3.26. The maximum Gasteiger partial charge on any atom is 0.260 e. The van der Waals surface area contributed by atoms with Crippen molar-refractivity contribution in [3.05, 3.63) is 47.8 Å². The number of rotatable bonds is 5. The second kappa shape index (κ2) is 8.00. The first kappa shape index (κ1) is 19.1. The van der Waals surface area contributed by atoms with Crippen LogP contribution in [-0.2, 0) is 7.05 Å². The van der Waals surface area contributed by atoms with Crippen LogP contribution in [0.5, 0.6) is 5.75 Å². The maximum absolute atomic E-state index is 12.9. The highest BCUT2D eigenvalue weighted by molar-refractivity contribution is 6.08. The normalized spacial score (nSPS) is 16.5. The molecule has 3 aromatic rings. The standard InChI is InChI=1S/C21H24N6O2/c1-4-29-19-11-18-15(12-27(3)26-18)10-16(19)21(28)23-20-6-5-17(24-25-20)14-7-8-22-13(2)9-14/h5-6,9-13,22H,4,7-8H2,1-3H3,(H,23,25,28)/t13-/m0/s1. The highest BCUT2D eigenvalue weighted by atomic mass is 16.5. The fraction of sp³-hybridized carbons (Fsp3) is 0.333. The lowest BCUT2D eigenvalue weighted by molar-refractivity contribution is 0.102. The molecule has 2 N–H and O–H groups in total. The van der Waals surface area contributed by atoms with E-state index in [0.29, 0.717) is 29.8 Å². The summed E-state index contributed by atoms with van der Waals surface area (Å²) in [4.78, 5) is 12.9. The summed E-state index contributed by atoms with van der Waals surface area (Å²) in [6.45, 7) is 5.36. The zero-order chi connectivity index (χ0) is 20.4. The Morgan fingerprint density at radius 1 is 1.34 bits per heavy atom. The van der Waals surface area contributed by atoms with E-state index in [0.717, 1.165) is 29.6 Å². The van der Waals surface area contributed by atoms with Gasteiger partial charge in [0.25, 0.3) is 5.91 Å². The van der Waals surface area contributed by atoms with Crippen LogP contribution >= 0.6 is 0 Å². The third-order valence-corrected chi connectivity index (χ3v) is 4.81. The molecule has 0 aliphatic carbocycles. The summed E-state index contributed by atoms with van der Waals surface area (Å²) in [5, 5.41) is 19.9. The molecule has 0 fully saturated rings. The lowest BCUT2D eigenvalue weighted by atomic mass is 10.0. The predicted octanol–water partition coefficient (Wildman–Crippen LogP) is 2.78. The molecule has 2 aromatic heterocycles. The molecule has 1 aliphatic rings. The first-order chi connectivity index (χ1) is 14.0. The summed E-state index contributed by atoms with van der Waals surface area (Å²) in [7, 11) is 1.84.